The maximum Gasteiger partial charge on any atom is 0.246 e. The van der Waals surface area contributed by atoms with E-state index in [0.717, 1.165) is 5.56 Å². The van der Waals surface area contributed by atoms with E-state index in [2.05, 4.69) is 5.32 Å². The second-order valence-electron chi connectivity index (χ2n) is 3.99. The molecule has 0 aromatic heterocycles. The molecule has 0 unspecified atom stereocenters. The van der Waals surface area contributed by atoms with Crippen LogP contribution < -0.4 is 11.1 Å². The van der Waals surface area contributed by atoms with Crippen LogP contribution in [0.5, 0.6) is 0 Å². The van der Waals surface area contributed by atoms with Crippen LogP contribution in [0, 0.1) is 0 Å². The zero-order valence-electron chi connectivity index (χ0n) is 10.7. The molecule has 0 aliphatic rings. The van der Waals surface area contributed by atoms with Gasteiger partial charge in [-0.2, -0.15) is 0 Å². The number of nitrogens with two attached hydrogens (primary N) is 1. The molecule has 0 aliphatic heterocycles. The first-order valence-corrected chi connectivity index (χ1v) is 6.31. The van der Waals surface area contributed by atoms with Crippen molar-refractivity contribution in [2.45, 2.75) is 19.4 Å². The monoisotopic (exact) mass is 284 g/mol. The highest BCUT2D eigenvalue weighted by Crippen LogP contribution is 2.11. The predicted molar refractivity (Wildman–Crippen MR) is 72.8 cm³/mol. The Morgan fingerprint density at radius 1 is 1.37 bits per heavy atom. The van der Waals surface area contributed by atoms with E-state index in [1.54, 1.807) is 31.2 Å². The summed E-state index contributed by atoms with van der Waals surface area (Å²) in [5.41, 5.74) is 6.14. The number of halogens is 1. The van der Waals surface area contributed by atoms with Crippen molar-refractivity contribution in [1.29, 1.82) is 0 Å². The van der Waals surface area contributed by atoms with Gasteiger partial charge in [0.25, 0.3) is 0 Å². The summed E-state index contributed by atoms with van der Waals surface area (Å²) < 4.78 is 4.96. The van der Waals surface area contributed by atoms with Crippen molar-refractivity contribution in [3.63, 3.8) is 0 Å². The average Bonchev–Trinajstić information content (AvgIpc) is 2.38. The van der Waals surface area contributed by atoms with Gasteiger partial charge in [-0.1, -0.05) is 23.7 Å². The van der Waals surface area contributed by atoms with E-state index >= 15 is 0 Å². The normalized spacial score (nSPS) is 11.9. The third kappa shape index (κ3) is 5.72. The van der Waals surface area contributed by atoms with E-state index in [1.807, 2.05) is 0 Å². The first-order valence-electron chi connectivity index (χ1n) is 5.93. The topological polar surface area (TPSA) is 81.4 Å². The van der Waals surface area contributed by atoms with E-state index in [1.165, 1.54) is 0 Å². The molecule has 0 spiro atoms. The number of amides is 2. The van der Waals surface area contributed by atoms with Crippen LogP contribution in [-0.4, -0.2) is 31.1 Å². The Morgan fingerprint density at radius 2 is 2.00 bits per heavy atom. The van der Waals surface area contributed by atoms with Gasteiger partial charge >= 0.3 is 0 Å². The minimum Gasteiger partial charge on any atom is -0.372 e. The summed E-state index contributed by atoms with van der Waals surface area (Å²) in [6.45, 7) is 2.14. The van der Waals surface area contributed by atoms with E-state index in [-0.39, 0.29) is 12.5 Å². The fourth-order valence-electron chi connectivity index (χ4n) is 1.51. The Bertz CT molecular complexity index is 434. The third-order valence-corrected chi connectivity index (χ3v) is 2.72. The summed E-state index contributed by atoms with van der Waals surface area (Å²) in [5, 5.41) is 3.15. The van der Waals surface area contributed by atoms with Gasteiger partial charge in [0.05, 0.1) is 0 Å². The molecule has 0 saturated carbocycles. The summed E-state index contributed by atoms with van der Waals surface area (Å²) in [6.07, 6.45) is 0.324. The number of primary amides is 1. The molecule has 0 radical (unpaired) electrons. The summed E-state index contributed by atoms with van der Waals surface area (Å²) in [5.74, 6) is -0.945. The largest absolute Gasteiger partial charge is 0.372 e. The zero-order chi connectivity index (χ0) is 14.3. The quantitative estimate of drug-likeness (QED) is 0.780. The van der Waals surface area contributed by atoms with Crippen LogP contribution in [0.2, 0.25) is 5.02 Å². The SMILES string of the molecule is CCOCC(=O)N[C@H](Cc1ccc(Cl)cc1)C(N)=O. The molecular weight excluding hydrogens is 268 g/mol. The second-order valence-corrected chi connectivity index (χ2v) is 4.43. The van der Waals surface area contributed by atoms with Crippen LogP contribution in [0.3, 0.4) is 0 Å². The van der Waals surface area contributed by atoms with E-state index in [0.29, 0.717) is 18.1 Å². The van der Waals surface area contributed by atoms with E-state index in [9.17, 15) is 9.59 Å². The number of hydrogen-bond donors (Lipinski definition) is 2. The number of rotatable bonds is 7. The van der Waals surface area contributed by atoms with Gasteiger partial charge in [-0.05, 0) is 24.6 Å². The lowest BCUT2D eigenvalue weighted by molar-refractivity contribution is -0.130. The minimum atomic E-state index is -0.755. The molecule has 0 bridgehead atoms. The standard InChI is InChI=1S/C13H17ClN2O3/c1-2-19-8-12(17)16-11(13(15)18)7-9-3-5-10(14)6-4-9/h3-6,11H,2,7-8H2,1H3,(H2,15,18)(H,16,17)/t11-/m1/s1. The number of ether oxygens (including phenoxy) is 1. The number of hydrogen-bond acceptors (Lipinski definition) is 3. The third-order valence-electron chi connectivity index (χ3n) is 2.47. The lowest BCUT2D eigenvalue weighted by atomic mass is 10.1. The van der Waals surface area contributed by atoms with Crippen molar-refractivity contribution in [3.8, 4) is 0 Å². The maximum absolute atomic E-state index is 11.5. The fraction of sp³-hybridized carbons (Fsp3) is 0.385. The lowest BCUT2D eigenvalue weighted by Gasteiger charge is -2.15. The molecular formula is C13H17ClN2O3. The van der Waals surface area contributed by atoms with Crippen LogP contribution in [-0.2, 0) is 20.7 Å². The van der Waals surface area contributed by atoms with E-state index < -0.39 is 11.9 Å². The molecule has 6 heteroatoms. The molecule has 104 valence electrons. The Balaban J connectivity index is 2.60. The molecule has 3 N–H and O–H groups in total. The number of carbonyl (C=O) groups is 2. The predicted octanol–water partition coefficient (Wildman–Crippen LogP) is 0.889. The highest BCUT2D eigenvalue weighted by Gasteiger charge is 2.18. The summed E-state index contributed by atoms with van der Waals surface area (Å²) in [7, 11) is 0. The fourth-order valence-corrected chi connectivity index (χ4v) is 1.64. The van der Waals surface area contributed by atoms with Gasteiger partial charge in [-0.15, -0.1) is 0 Å². The molecule has 1 atom stereocenters. The van der Waals surface area contributed by atoms with Crippen molar-refractivity contribution in [2.75, 3.05) is 13.2 Å². The van der Waals surface area contributed by atoms with Crippen molar-refractivity contribution in [2.24, 2.45) is 5.73 Å². The Morgan fingerprint density at radius 3 is 2.53 bits per heavy atom. The van der Waals surface area contributed by atoms with Crippen molar-refractivity contribution in [1.82, 2.24) is 5.32 Å². The average molecular weight is 285 g/mol. The van der Waals surface area contributed by atoms with Crippen molar-refractivity contribution >= 4 is 23.4 Å². The van der Waals surface area contributed by atoms with Crippen LogP contribution in [0.25, 0.3) is 0 Å². The van der Waals surface area contributed by atoms with Gasteiger partial charge in [0.15, 0.2) is 0 Å². The van der Waals surface area contributed by atoms with Crippen LogP contribution >= 0.6 is 11.6 Å². The number of carbonyl (C=O) groups excluding carboxylic acids is 2. The highest BCUT2D eigenvalue weighted by molar-refractivity contribution is 6.30. The lowest BCUT2D eigenvalue weighted by Crippen LogP contribution is -2.47. The minimum absolute atomic E-state index is 0.0824. The first-order chi connectivity index (χ1) is 9.02. The van der Waals surface area contributed by atoms with Crippen LogP contribution in [0.1, 0.15) is 12.5 Å². The number of nitrogens with one attached hydrogen (secondary N) is 1. The Labute approximate surface area is 117 Å². The molecule has 1 aromatic carbocycles. The molecule has 1 aromatic rings. The van der Waals surface area contributed by atoms with Gasteiger partial charge in [-0.25, -0.2) is 0 Å². The van der Waals surface area contributed by atoms with Gasteiger partial charge in [0, 0.05) is 18.1 Å². The molecule has 0 heterocycles. The molecule has 5 nitrogen and oxygen atoms in total. The van der Waals surface area contributed by atoms with Crippen LogP contribution in [0.4, 0.5) is 0 Å². The van der Waals surface area contributed by atoms with Crippen molar-refractivity contribution in [3.05, 3.63) is 34.9 Å². The highest BCUT2D eigenvalue weighted by atomic mass is 35.5. The molecule has 1 rings (SSSR count). The van der Waals surface area contributed by atoms with Crippen molar-refractivity contribution < 1.29 is 14.3 Å². The van der Waals surface area contributed by atoms with Gasteiger partial charge in [-0.3, -0.25) is 9.59 Å². The zero-order valence-corrected chi connectivity index (χ0v) is 11.4. The molecule has 0 saturated heterocycles. The molecule has 0 fully saturated rings. The first kappa shape index (κ1) is 15.5. The molecule has 19 heavy (non-hydrogen) atoms. The molecule has 2 amide bonds. The second kappa shape index (κ2) is 7.76. The Kier molecular flexibility index (Phi) is 6.32. The van der Waals surface area contributed by atoms with Gasteiger partial charge in [0.1, 0.15) is 12.6 Å². The maximum atomic E-state index is 11.5. The smallest absolute Gasteiger partial charge is 0.246 e. The molecule has 0 aliphatic carbocycles. The van der Waals surface area contributed by atoms with Gasteiger partial charge < -0.3 is 15.8 Å². The van der Waals surface area contributed by atoms with Crippen LogP contribution in [0.15, 0.2) is 24.3 Å². The van der Waals surface area contributed by atoms with Gasteiger partial charge in [0.2, 0.25) is 11.8 Å². The number of benzene rings is 1. The Hall–Kier alpha value is -1.59. The summed E-state index contributed by atoms with van der Waals surface area (Å²) >= 11 is 5.77. The summed E-state index contributed by atoms with van der Waals surface area (Å²) in [4.78, 5) is 22.8. The summed E-state index contributed by atoms with van der Waals surface area (Å²) in [6, 6.07) is 6.25. The van der Waals surface area contributed by atoms with E-state index in [4.69, 9.17) is 22.1 Å².